The van der Waals surface area contributed by atoms with Crippen LogP contribution in [-0.2, 0) is 6.18 Å². The summed E-state index contributed by atoms with van der Waals surface area (Å²) in [6, 6.07) is 4.00. The van der Waals surface area contributed by atoms with Gasteiger partial charge in [0.05, 0.1) is 5.56 Å². The lowest BCUT2D eigenvalue weighted by molar-refractivity contribution is -0.137. The van der Waals surface area contributed by atoms with Crippen molar-refractivity contribution < 1.29 is 13.2 Å². The van der Waals surface area contributed by atoms with Gasteiger partial charge in [-0.1, -0.05) is 6.07 Å². The van der Waals surface area contributed by atoms with Gasteiger partial charge in [-0.25, -0.2) is 0 Å². The Morgan fingerprint density at radius 2 is 1.93 bits per heavy atom. The standard InChI is InChI=1S/C11H12F3N/c1-6-4-7(11(12,13)14)2-3-8(6)9-5-10(9)15/h2-4,9-10H,5,15H2,1H3. The maximum Gasteiger partial charge on any atom is 0.416 e. The molecule has 0 bridgehead atoms. The van der Waals surface area contributed by atoms with Crippen LogP contribution in [0.3, 0.4) is 0 Å². The number of alkyl halides is 3. The minimum absolute atomic E-state index is 0.125. The Balaban J connectivity index is 2.31. The van der Waals surface area contributed by atoms with Crippen LogP contribution < -0.4 is 5.73 Å². The molecule has 1 fully saturated rings. The minimum Gasteiger partial charge on any atom is -0.327 e. The van der Waals surface area contributed by atoms with E-state index < -0.39 is 11.7 Å². The SMILES string of the molecule is Cc1cc(C(F)(F)F)ccc1C1CC1N. The molecule has 1 nitrogen and oxygen atoms in total. The summed E-state index contributed by atoms with van der Waals surface area (Å²) >= 11 is 0. The average Bonchev–Trinajstić information content (AvgIpc) is 2.80. The largest absolute Gasteiger partial charge is 0.416 e. The second-order valence-electron chi connectivity index (χ2n) is 4.08. The summed E-state index contributed by atoms with van der Waals surface area (Å²) in [5, 5.41) is 0. The molecule has 4 heteroatoms. The Kier molecular flexibility index (Phi) is 2.26. The fourth-order valence-electron chi connectivity index (χ4n) is 1.84. The lowest BCUT2D eigenvalue weighted by Gasteiger charge is -2.10. The van der Waals surface area contributed by atoms with Crippen LogP contribution in [0, 0.1) is 6.92 Å². The number of halogens is 3. The third-order valence-corrected chi connectivity index (χ3v) is 2.84. The van der Waals surface area contributed by atoms with E-state index in [2.05, 4.69) is 0 Å². The quantitative estimate of drug-likeness (QED) is 0.765. The van der Waals surface area contributed by atoms with Gasteiger partial charge in [0.2, 0.25) is 0 Å². The van der Waals surface area contributed by atoms with Crippen molar-refractivity contribution in [2.24, 2.45) is 5.73 Å². The number of hydrogen-bond acceptors (Lipinski definition) is 1. The molecular weight excluding hydrogens is 203 g/mol. The number of aryl methyl sites for hydroxylation is 1. The number of hydrogen-bond donors (Lipinski definition) is 1. The van der Waals surface area contributed by atoms with Gasteiger partial charge in [0.25, 0.3) is 0 Å². The molecule has 0 aliphatic heterocycles. The minimum atomic E-state index is -4.26. The Bertz CT molecular complexity index is 384. The third-order valence-electron chi connectivity index (χ3n) is 2.84. The smallest absolute Gasteiger partial charge is 0.327 e. The summed E-state index contributed by atoms with van der Waals surface area (Å²) in [6.07, 6.45) is -3.37. The van der Waals surface area contributed by atoms with E-state index in [4.69, 9.17) is 5.73 Å². The monoisotopic (exact) mass is 215 g/mol. The first kappa shape index (κ1) is 10.5. The van der Waals surface area contributed by atoms with Crippen molar-refractivity contribution >= 4 is 0 Å². The van der Waals surface area contributed by atoms with E-state index in [1.807, 2.05) is 0 Å². The molecule has 15 heavy (non-hydrogen) atoms. The van der Waals surface area contributed by atoms with E-state index in [1.54, 1.807) is 13.0 Å². The number of benzene rings is 1. The highest BCUT2D eigenvalue weighted by atomic mass is 19.4. The zero-order valence-corrected chi connectivity index (χ0v) is 8.31. The first-order valence-corrected chi connectivity index (χ1v) is 4.83. The first-order chi connectivity index (χ1) is 6.89. The Hall–Kier alpha value is -1.03. The van der Waals surface area contributed by atoms with Gasteiger partial charge in [-0.2, -0.15) is 13.2 Å². The predicted molar refractivity (Wildman–Crippen MR) is 51.5 cm³/mol. The molecule has 2 rings (SSSR count). The molecule has 0 amide bonds. The Labute approximate surface area is 86.1 Å². The number of nitrogens with two attached hydrogens (primary N) is 1. The van der Waals surface area contributed by atoms with Crippen LogP contribution in [0.1, 0.15) is 29.0 Å². The molecule has 2 N–H and O–H groups in total. The fraction of sp³-hybridized carbons (Fsp3) is 0.455. The molecule has 1 aromatic carbocycles. The Morgan fingerprint density at radius 1 is 1.33 bits per heavy atom. The highest BCUT2D eigenvalue weighted by molar-refractivity contribution is 5.38. The molecule has 0 heterocycles. The summed E-state index contributed by atoms with van der Waals surface area (Å²) in [5.41, 5.74) is 6.72. The molecule has 82 valence electrons. The topological polar surface area (TPSA) is 26.0 Å². The number of rotatable bonds is 1. The molecule has 1 aliphatic carbocycles. The van der Waals surface area contributed by atoms with E-state index in [1.165, 1.54) is 6.07 Å². The van der Waals surface area contributed by atoms with Crippen LogP contribution >= 0.6 is 0 Å². The highest BCUT2D eigenvalue weighted by Crippen LogP contribution is 2.41. The Morgan fingerprint density at radius 3 is 2.33 bits per heavy atom. The van der Waals surface area contributed by atoms with Gasteiger partial charge in [-0.3, -0.25) is 0 Å². The second kappa shape index (κ2) is 3.23. The van der Waals surface area contributed by atoms with Gasteiger partial charge in [-0.15, -0.1) is 0 Å². The van der Waals surface area contributed by atoms with E-state index in [0.29, 0.717) is 5.56 Å². The normalized spacial score (nSPS) is 25.4. The van der Waals surface area contributed by atoms with E-state index in [0.717, 1.165) is 18.1 Å². The highest BCUT2D eigenvalue weighted by Gasteiger charge is 2.37. The zero-order valence-electron chi connectivity index (χ0n) is 8.31. The summed E-state index contributed by atoms with van der Waals surface area (Å²) in [4.78, 5) is 0. The van der Waals surface area contributed by atoms with Crippen molar-refractivity contribution in [2.45, 2.75) is 31.5 Å². The zero-order chi connectivity index (χ0) is 11.2. The van der Waals surface area contributed by atoms with Crippen molar-refractivity contribution in [1.29, 1.82) is 0 Å². The molecule has 0 aromatic heterocycles. The van der Waals surface area contributed by atoms with E-state index in [9.17, 15) is 13.2 Å². The summed E-state index contributed by atoms with van der Waals surface area (Å²) in [7, 11) is 0. The predicted octanol–water partition coefficient (Wildman–Crippen LogP) is 2.83. The van der Waals surface area contributed by atoms with Gasteiger partial charge >= 0.3 is 6.18 Å². The van der Waals surface area contributed by atoms with Crippen LogP contribution in [0.25, 0.3) is 0 Å². The summed E-state index contributed by atoms with van der Waals surface area (Å²) in [5.74, 6) is 0.257. The van der Waals surface area contributed by atoms with Crippen molar-refractivity contribution in [2.75, 3.05) is 0 Å². The summed E-state index contributed by atoms with van der Waals surface area (Å²) in [6.45, 7) is 1.70. The second-order valence-corrected chi connectivity index (χ2v) is 4.08. The van der Waals surface area contributed by atoms with E-state index in [-0.39, 0.29) is 12.0 Å². The lowest BCUT2D eigenvalue weighted by Crippen LogP contribution is -2.07. The van der Waals surface area contributed by atoms with Crippen LogP contribution in [-0.4, -0.2) is 6.04 Å². The van der Waals surface area contributed by atoms with Crippen LogP contribution in [0.2, 0.25) is 0 Å². The molecule has 2 unspecified atom stereocenters. The van der Waals surface area contributed by atoms with E-state index >= 15 is 0 Å². The van der Waals surface area contributed by atoms with Gasteiger partial charge in [0, 0.05) is 12.0 Å². The van der Waals surface area contributed by atoms with Crippen LogP contribution in [0.4, 0.5) is 13.2 Å². The molecule has 0 saturated heterocycles. The van der Waals surface area contributed by atoms with Crippen molar-refractivity contribution in [3.8, 4) is 0 Å². The molecular formula is C11H12F3N. The molecule has 0 radical (unpaired) electrons. The van der Waals surface area contributed by atoms with Crippen LogP contribution in [0.5, 0.6) is 0 Å². The van der Waals surface area contributed by atoms with Gasteiger partial charge in [0.15, 0.2) is 0 Å². The average molecular weight is 215 g/mol. The van der Waals surface area contributed by atoms with Crippen molar-refractivity contribution in [3.63, 3.8) is 0 Å². The molecule has 1 aromatic rings. The third kappa shape index (κ3) is 2.00. The molecule has 1 saturated carbocycles. The van der Waals surface area contributed by atoms with Crippen molar-refractivity contribution in [1.82, 2.24) is 0 Å². The van der Waals surface area contributed by atoms with Crippen LogP contribution in [0.15, 0.2) is 18.2 Å². The fourth-order valence-corrected chi connectivity index (χ4v) is 1.84. The summed E-state index contributed by atoms with van der Waals surface area (Å²) < 4.78 is 37.1. The lowest BCUT2D eigenvalue weighted by atomic mass is 10.0. The molecule has 1 aliphatic rings. The first-order valence-electron chi connectivity index (χ1n) is 4.83. The molecule has 0 spiro atoms. The van der Waals surface area contributed by atoms with Gasteiger partial charge < -0.3 is 5.73 Å². The molecule has 2 atom stereocenters. The maximum absolute atomic E-state index is 12.4. The van der Waals surface area contributed by atoms with Crippen molar-refractivity contribution in [3.05, 3.63) is 34.9 Å². The van der Waals surface area contributed by atoms with Gasteiger partial charge in [0.1, 0.15) is 0 Å². The van der Waals surface area contributed by atoms with Gasteiger partial charge in [-0.05, 0) is 36.6 Å². The maximum atomic E-state index is 12.4.